The number of hydrogen-bond donors (Lipinski definition) is 0. The average Bonchev–Trinajstić information content (AvgIpc) is 2.66. The molecule has 0 bridgehead atoms. The maximum Gasteiger partial charge on any atom is 0.355 e. The van der Waals surface area contributed by atoms with Crippen molar-refractivity contribution in [1.29, 1.82) is 0 Å². The number of cyclic esters (lactones) is 1. The van der Waals surface area contributed by atoms with Crippen LogP contribution in [0.3, 0.4) is 0 Å². The van der Waals surface area contributed by atoms with Crippen LogP contribution in [0.4, 0.5) is 0 Å². The van der Waals surface area contributed by atoms with Crippen LogP contribution in [0, 0.1) is 0 Å². The number of nitrogens with zero attached hydrogens (tertiary/aromatic N) is 2. The molecule has 0 aromatic carbocycles. The van der Waals surface area contributed by atoms with Crippen molar-refractivity contribution in [2.45, 2.75) is 5.37 Å². The molecule has 0 N–H and O–H groups in total. The highest BCUT2D eigenvalue weighted by molar-refractivity contribution is 8.01. The van der Waals surface area contributed by atoms with Crippen LogP contribution in [0.2, 0.25) is 0 Å². The Labute approximate surface area is 100 Å². The minimum atomic E-state index is -0.378. The van der Waals surface area contributed by atoms with E-state index in [2.05, 4.69) is 4.40 Å². The minimum absolute atomic E-state index is 0.0932. The summed E-state index contributed by atoms with van der Waals surface area (Å²) in [7, 11) is 0. The van der Waals surface area contributed by atoms with Crippen LogP contribution in [0.5, 0.6) is 0 Å². The predicted molar refractivity (Wildman–Crippen MR) is 62.0 cm³/mol. The van der Waals surface area contributed by atoms with Crippen LogP contribution in [0.25, 0.3) is 0 Å². The van der Waals surface area contributed by atoms with Gasteiger partial charge in [0, 0.05) is 17.6 Å². The molecule has 0 aliphatic carbocycles. The molecule has 3 heterocycles. The molecule has 3 aliphatic heterocycles. The average molecular weight is 256 g/mol. The van der Waals surface area contributed by atoms with Crippen molar-refractivity contribution in [3.8, 4) is 0 Å². The van der Waals surface area contributed by atoms with E-state index >= 15 is 0 Å². The molecule has 1 amide bonds. The van der Waals surface area contributed by atoms with E-state index in [0.29, 0.717) is 18.0 Å². The van der Waals surface area contributed by atoms with Gasteiger partial charge in [-0.1, -0.05) is 0 Å². The van der Waals surface area contributed by atoms with Gasteiger partial charge in [0.05, 0.1) is 0 Å². The lowest BCUT2D eigenvalue weighted by atomic mass is 10.1. The summed E-state index contributed by atoms with van der Waals surface area (Å²) >= 11 is 2.88. The summed E-state index contributed by atoms with van der Waals surface area (Å²) in [5.41, 5.74) is 1.92. The van der Waals surface area contributed by atoms with Gasteiger partial charge in [-0.15, -0.1) is 11.8 Å². The summed E-state index contributed by atoms with van der Waals surface area (Å²) in [4.78, 5) is 24.8. The summed E-state index contributed by atoms with van der Waals surface area (Å²) < 4.78 is 9.01. The van der Waals surface area contributed by atoms with Crippen molar-refractivity contribution in [3.05, 3.63) is 11.3 Å². The van der Waals surface area contributed by atoms with Crippen molar-refractivity contribution in [1.82, 2.24) is 4.90 Å². The predicted octanol–water partition coefficient (Wildman–Crippen LogP) is 0.431. The number of β-lactam (4-membered cyclic amide) rings is 1. The number of amides is 1. The zero-order valence-electron chi connectivity index (χ0n) is 8.43. The molecule has 1 fully saturated rings. The highest BCUT2D eigenvalue weighted by atomic mass is 32.2. The lowest BCUT2D eigenvalue weighted by Crippen LogP contribution is -2.61. The maximum absolute atomic E-state index is 11.8. The molecule has 1 atom stereocenters. The van der Waals surface area contributed by atoms with Crippen molar-refractivity contribution < 1.29 is 14.3 Å². The number of fused-ring (bicyclic) bond motifs is 2. The Morgan fingerprint density at radius 1 is 1.56 bits per heavy atom. The van der Waals surface area contributed by atoms with Crippen molar-refractivity contribution in [3.63, 3.8) is 0 Å². The van der Waals surface area contributed by atoms with Crippen LogP contribution in [0.1, 0.15) is 0 Å². The van der Waals surface area contributed by atoms with E-state index in [9.17, 15) is 9.59 Å². The van der Waals surface area contributed by atoms with Crippen LogP contribution in [0.15, 0.2) is 15.7 Å². The van der Waals surface area contributed by atoms with E-state index in [0.717, 1.165) is 11.3 Å². The Morgan fingerprint density at radius 3 is 3.12 bits per heavy atom. The fourth-order valence-electron chi connectivity index (χ4n) is 1.94. The molecule has 1 saturated heterocycles. The van der Waals surface area contributed by atoms with Gasteiger partial charge in [0.2, 0.25) is 0 Å². The molecule has 0 radical (unpaired) electrons. The number of hydrogen-bond acceptors (Lipinski definition) is 6. The van der Waals surface area contributed by atoms with Crippen molar-refractivity contribution >= 4 is 41.3 Å². The van der Waals surface area contributed by atoms with Crippen LogP contribution < -0.4 is 0 Å². The molecule has 84 valence electrons. The molecule has 0 spiro atoms. The zero-order valence-corrected chi connectivity index (χ0v) is 10.1. The Morgan fingerprint density at radius 2 is 2.38 bits per heavy atom. The van der Waals surface area contributed by atoms with Crippen LogP contribution in [-0.4, -0.2) is 46.5 Å². The maximum atomic E-state index is 11.8. The summed E-state index contributed by atoms with van der Waals surface area (Å²) in [6.07, 6.45) is 1.81. The first-order valence-corrected chi connectivity index (χ1v) is 6.92. The van der Waals surface area contributed by atoms with E-state index in [-0.39, 0.29) is 17.3 Å². The fraction of sp³-hybridized carbons (Fsp3) is 0.444. The molecule has 16 heavy (non-hydrogen) atoms. The topological polar surface area (TPSA) is 59.0 Å². The number of rotatable bonds is 1. The van der Waals surface area contributed by atoms with Gasteiger partial charge in [-0.3, -0.25) is 9.69 Å². The number of carbonyl (C=O) groups excluding carboxylic acids is 2. The summed E-state index contributed by atoms with van der Waals surface area (Å²) in [5.74, 6) is 0.192. The Kier molecular flexibility index (Phi) is 2.25. The van der Waals surface area contributed by atoms with Gasteiger partial charge in [-0.2, -0.15) is 0 Å². The molecule has 0 aromatic rings. The zero-order chi connectivity index (χ0) is 11.3. The third-order valence-electron chi connectivity index (χ3n) is 2.66. The van der Waals surface area contributed by atoms with E-state index in [1.54, 1.807) is 11.8 Å². The quantitative estimate of drug-likeness (QED) is 0.387. The van der Waals surface area contributed by atoms with E-state index < -0.39 is 0 Å². The molecule has 3 rings (SSSR count). The minimum Gasteiger partial charge on any atom is -0.456 e. The summed E-state index contributed by atoms with van der Waals surface area (Å²) in [6.45, 7) is 0.326. The first kappa shape index (κ1) is 10.2. The second-order valence-electron chi connectivity index (χ2n) is 3.53. The molecule has 5 nitrogen and oxygen atoms in total. The molecule has 0 unspecified atom stereocenters. The van der Waals surface area contributed by atoms with Gasteiger partial charge in [-0.25, -0.2) is 9.19 Å². The lowest BCUT2D eigenvalue weighted by Gasteiger charge is -2.42. The molecular weight excluding hydrogens is 248 g/mol. The van der Waals surface area contributed by atoms with Gasteiger partial charge in [-0.05, 0) is 11.9 Å². The third kappa shape index (κ3) is 1.18. The van der Waals surface area contributed by atoms with E-state index in [1.165, 1.54) is 16.8 Å². The SMILES string of the molecule is CSN=C1C(=O)N2C3=C(COC3=O)CS[C@H]12. The van der Waals surface area contributed by atoms with Crippen LogP contribution in [-0.2, 0) is 14.3 Å². The number of esters is 1. The first-order chi connectivity index (χ1) is 7.74. The third-order valence-corrected chi connectivity index (χ3v) is 4.30. The number of thioether (sulfide) groups is 1. The Hall–Kier alpha value is -0.950. The van der Waals surface area contributed by atoms with Crippen molar-refractivity contribution in [2.24, 2.45) is 4.40 Å². The highest BCUT2D eigenvalue weighted by Gasteiger charge is 2.53. The lowest BCUT2D eigenvalue weighted by molar-refractivity contribution is -0.140. The first-order valence-electron chi connectivity index (χ1n) is 4.69. The van der Waals surface area contributed by atoms with Gasteiger partial charge < -0.3 is 4.74 Å². The number of carbonyl (C=O) groups is 2. The van der Waals surface area contributed by atoms with E-state index in [4.69, 9.17) is 4.74 Å². The van der Waals surface area contributed by atoms with Gasteiger partial charge in [0.15, 0.2) is 0 Å². The summed E-state index contributed by atoms with van der Waals surface area (Å²) in [5, 5.41) is -0.0932. The van der Waals surface area contributed by atoms with E-state index in [1.807, 2.05) is 6.26 Å². The Balaban J connectivity index is 1.96. The summed E-state index contributed by atoms with van der Waals surface area (Å²) in [6, 6.07) is 0. The largest absolute Gasteiger partial charge is 0.456 e. The second-order valence-corrected chi connectivity index (χ2v) is 5.14. The molecule has 3 aliphatic rings. The van der Waals surface area contributed by atoms with Crippen LogP contribution >= 0.6 is 23.7 Å². The fourth-order valence-corrected chi connectivity index (χ4v) is 3.62. The van der Waals surface area contributed by atoms with Gasteiger partial charge in [0.1, 0.15) is 23.4 Å². The molecule has 0 saturated carbocycles. The highest BCUT2D eigenvalue weighted by Crippen LogP contribution is 2.41. The smallest absolute Gasteiger partial charge is 0.355 e. The number of ether oxygens (including phenoxy) is 1. The van der Waals surface area contributed by atoms with Gasteiger partial charge >= 0.3 is 5.97 Å². The molecule has 0 aromatic heterocycles. The molecular formula is C9H8N2O3S2. The normalized spacial score (nSPS) is 30.2. The monoisotopic (exact) mass is 256 g/mol. The Bertz CT molecular complexity index is 458. The van der Waals surface area contributed by atoms with Crippen molar-refractivity contribution in [2.75, 3.05) is 18.6 Å². The van der Waals surface area contributed by atoms with Gasteiger partial charge in [0.25, 0.3) is 5.91 Å². The second kappa shape index (κ2) is 3.53. The standard InChI is InChI=1S/C9H8N2O3S2/c1-15-10-5-7(12)11-6-4(2-14-9(6)13)3-16-8(5)11/h8H,2-3H2,1H3/t8-/m1/s1. The molecule has 7 heteroatoms.